The Morgan fingerprint density at radius 1 is 1.50 bits per heavy atom. The Kier molecular flexibility index (Phi) is 1.84. The van der Waals surface area contributed by atoms with Gasteiger partial charge in [0.05, 0.1) is 5.92 Å². The third-order valence-electron chi connectivity index (χ3n) is 2.43. The monoisotopic (exact) mass is 167 g/mol. The molecule has 0 unspecified atom stereocenters. The van der Waals surface area contributed by atoms with Gasteiger partial charge in [0.15, 0.2) is 5.82 Å². The van der Waals surface area contributed by atoms with Gasteiger partial charge in [-0.1, -0.05) is 11.6 Å². The lowest BCUT2D eigenvalue weighted by Crippen LogP contribution is -2.22. The molecule has 1 saturated carbocycles. The quantitative estimate of drug-likeness (QED) is 0.677. The highest BCUT2D eigenvalue weighted by atomic mass is 16.5. The highest BCUT2D eigenvalue weighted by Crippen LogP contribution is 2.31. The molecule has 1 fully saturated rings. The SMILES string of the molecule is Cc1noc([C@@H]2CCC[C@@H]2N)n1. The van der Waals surface area contributed by atoms with E-state index in [1.165, 1.54) is 6.42 Å². The molecule has 0 bridgehead atoms. The molecule has 0 amide bonds. The molecule has 12 heavy (non-hydrogen) atoms. The van der Waals surface area contributed by atoms with Gasteiger partial charge in [-0.15, -0.1) is 0 Å². The third-order valence-corrected chi connectivity index (χ3v) is 2.43. The minimum atomic E-state index is 0.213. The standard InChI is InChI=1S/C8H13N3O/c1-5-10-8(12-11-5)6-3-2-4-7(6)9/h6-7H,2-4,9H2,1H3/t6-,7+/m1/s1. The first-order valence-corrected chi connectivity index (χ1v) is 4.33. The van der Waals surface area contributed by atoms with E-state index in [0.29, 0.717) is 11.7 Å². The fourth-order valence-electron chi connectivity index (χ4n) is 1.76. The maximum Gasteiger partial charge on any atom is 0.231 e. The molecule has 1 aliphatic carbocycles. The first-order valence-electron chi connectivity index (χ1n) is 4.33. The van der Waals surface area contributed by atoms with Gasteiger partial charge < -0.3 is 10.3 Å². The van der Waals surface area contributed by atoms with E-state index in [9.17, 15) is 0 Å². The molecule has 1 heterocycles. The summed E-state index contributed by atoms with van der Waals surface area (Å²) in [5, 5.41) is 3.75. The maximum atomic E-state index is 5.89. The zero-order chi connectivity index (χ0) is 8.55. The van der Waals surface area contributed by atoms with Crippen molar-refractivity contribution in [2.75, 3.05) is 0 Å². The van der Waals surface area contributed by atoms with E-state index in [-0.39, 0.29) is 6.04 Å². The number of hydrogen-bond donors (Lipinski definition) is 1. The molecule has 4 nitrogen and oxygen atoms in total. The lowest BCUT2D eigenvalue weighted by atomic mass is 10.1. The average Bonchev–Trinajstić information content (AvgIpc) is 2.58. The van der Waals surface area contributed by atoms with E-state index in [1.54, 1.807) is 0 Å². The summed E-state index contributed by atoms with van der Waals surface area (Å²) in [5.41, 5.74) is 5.89. The first-order chi connectivity index (χ1) is 5.77. The van der Waals surface area contributed by atoms with Gasteiger partial charge in [-0.3, -0.25) is 0 Å². The zero-order valence-electron chi connectivity index (χ0n) is 7.16. The molecule has 1 aromatic rings. The molecule has 0 aliphatic heterocycles. The number of nitrogens with zero attached hydrogens (tertiary/aromatic N) is 2. The lowest BCUT2D eigenvalue weighted by molar-refractivity contribution is 0.342. The molecule has 66 valence electrons. The van der Waals surface area contributed by atoms with E-state index in [4.69, 9.17) is 10.3 Å². The molecule has 0 saturated heterocycles. The number of aryl methyl sites for hydroxylation is 1. The lowest BCUT2D eigenvalue weighted by Gasteiger charge is -2.08. The van der Waals surface area contributed by atoms with Crippen molar-refractivity contribution >= 4 is 0 Å². The van der Waals surface area contributed by atoms with Crippen LogP contribution in [-0.4, -0.2) is 16.2 Å². The van der Waals surface area contributed by atoms with Crippen LogP contribution in [0, 0.1) is 6.92 Å². The Morgan fingerprint density at radius 2 is 2.33 bits per heavy atom. The molecule has 1 aromatic heterocycles. The van der Waals surface area contributed by atoms with Crippen molar-refractivity contribution < 1.29 is 4.52 Å². The Balaban J connectivity index is 2.19. The summed E-state index contributed by atoms with van der Waals surface area (Å²) >= 11 is 0. The van der Waals surface area contributed by atoms with Crippen LogP contribution in [0.3, 0.4) is 0 Å². The Hall–Kier alpha value is -0.900. The second-order valence-corrected chi connectivity index (χ2v) is 3.38. The molecule has 1 aliphatic rings. The third kappa shape index (κ3) is 1.22. The van der Waals surface area contributed by atoms with Gasteiger partial charge >= 0.3 is 0 Å². The summed E-state index contributed by atoms with van der Waals surface area (Å²) in [6.07, 6.45) is 3.34. The first kappa shape index (κ1) is 7.73. The summed E-state index contributed by atoms with van der Waals surface area (Å²) in [6.45, 7) is 1.83. The number of rotatable bonds is 1. The summed E-state index contributed by atoms with van der Waals surface area (Å²) in [7, 11) is 0. The van der Waals surface area contributed by atoms with Crippen LogP contribution in [0.1, 0.15) is 36.9 Å². The van der Waals surface area contributed by atoms with Gasteiger partial charge in [-0.25, -0.2) is 0 Å². The maximum absolute atomic E-state index is 5.89. The molecule has 2 N–H and O–H groups in total. The van der Waals surface area contributed by atoms with Crippen LogP contribution in [0.4, 0.5) is 0 Å². The molecular weight excluding hydrogens is 154 g/mol. The van der Waals surface area contributed by atoms with Crippen molar-refractivity contribution in [1.82, 2.24) is 10.1 Å². The van der Waals surface area contributed by atoms with Crippen LogP contribution in [0.15, 0.2) is 4.52 Å². The van der Waals surface area contributed by atoms with Crippen molar-refractivity contribution in [3.63, 3.8) is 0 Å². The van der Waals surface area contributed by atoms with Gasteiger partial charge in [0.1, 0.15) is 0 Å². The van der Waals surface area contributed by atoms with Crippen LogP contribution in [0.25, 0.3) is 0 Å². The largest absolute Gasteiger partial charge is 0.339 e. The molecule has 0 aromatic carbocycles. The summed E-state index contributed by atoms with van der Waals surface area (Å²) in [5.74, 6) is 1.72. The topological polar surface area (TPSA) is 64.9 Å². The predicted octanol–water partition coefficient (Wildman–Crippen LogP) is 0.973. The fraction of sp³-hybridized carbons (Fsp3) is 0.750. The Labute approximate surface area is 71.1 Å². The molecular formula is C8H13N3O. The molecule has 0 spiro atoms. The Bertz CT molecular complexity index is 271. The van der Waals surface area contributed by atoms with Crippen LogP contribution in [0.5, 0.6) is 0 Å². The van der Waals surface area contributed by atoms with Crippen LogP contribution in [-0.2, 0) is 0 Å². The van der Waals surface area contributed by atoms with Gasteiger partial charge in [-0.05, 0) is 19.8 Å². The van der Waals surface area contributed by atoms with Gasteiger partial charge in [0, 0.05) is 6.04 Å². The molecule has 4 heteroatoms. The fourth-order valence-corrected chi connectivity index (χ4v) is 1.76. The van der Waals surface area contributed by atoms with E-state index < -0.39 is 0 Å². The smallest absolute Gasteiger partial charge is 0.231 e. The summed E-state index contributed by atoms with van der Waals surface area (Å²) in [6, 6.07) is 0.213. The van der Waals surface area contributed by atoms with E-state index >= 15 is 0 Å². The molecule has 2 rings (SSSR count). The highest BCUT2D eigenvalue weighted by molar-refractivity contribution is 5.01. The zero-order valence-corrected chi connectivity index (χ0v) is 7.16. The average molecular weight is 167 g/mol. The van der Waals surface area contributed by atoms with Crippen LogP contribution in [0.2, 0.25) is 0 Å². The van der Waals surface area contributed by atoms with E-state index in [0.717, 1.165) is 18.7 Å². The second-order valence-electron chi connectivity index (χ2n) is 3.38. The van der Waals surface area contributed by atoms with Crippen molar-refractivity contribution in [1.29, 1.82) is 0 Å². The molecule has 0 radical (unpaired) electrons. The number of aromatic nitrogens is 2. The minimum Gasteiger partial charge on any atom is -0.339 e. The van der Waals surface area contributed by atoms with Crippen molar-refractivity contribution in [2.24, 2.45) is 5.73 Å². The van der Waals surface area contributed by atoms with Gasteiger partial charge in [0.25, 0.3) is 0 Å². The van der Waals surface area contributed by atoms with Crippen LogP contribution < -0.4 is 5.73 Å². The minimum absolute atomic E-state index is 0.213. The number of nitrogens with two attached hydrogens (primary N) is 1. The van der Waals surface area contributed by atoms with E-state index in [1.807, 2.05) is 6.92 Å². The van der Waals surface area contributed by atoms with Crippen molar-refractivity contribution in [3.8, 4) is 0 Å². The Morgan fingerprint density at radius 3 is 2.83 bits per heavy atom. The number of hydrogen-bond acceptors (Lipinski definition) is 4. The molecule has 2 atom stereocenters. The van der Waals surface area contributed by atoms with Gasteiger partial charge in [0.2, 0.25) is 5.89 Å². The van der Waals surface area contributed by atoms with Crippen LogP contribution >= 0.6 is 0 Å². The summed E-state index contributed by atoms with van der Waals surface area (Å²) < 4.78 is 5.08. The van der Waals surface area contributed by atoms with E-state index in [2.05, 4.69) is 10.1 Å². The predicted molar refractivity (Wildman–Crippen MR) is 43.6 cm³/mol. The second kappa shape index (κ2) is 2.86. The van der Waals surface area contributed by atoms with Crippen molar-refractivity contribution in [3.05, 3.63) is 11.7 Å². The van der Waals surface area contributed by atoms with Crippen molar-refractivity contribution in [2.45, 2.75) is 38.1 Å². The normalized spacial score (nSPS) is 29.5. The van der Waals surface area contributed by atoms with Gasteiger partial charge in [-0.2, -0.15) is 4.98 Å². The summed E-state index contributed by atoms with van der Waals surface area (Å²) in [4.78, 5) is 4.19. The highest BCUT2D eigenvalue weighted by Gasteiger charge is 2.29.